The molecule has 0 aromatic heterocycles. The van der Waals surface area contributed by atoms with Gasteiger partial charge in [-0.1, -0.05) is 20.8 Å². The lowest BCUT2D eigenvalue weighted by Crippen LogP contribution is -2.45. The molecule has 1 fully saturated rings. The second-order valence-corrected chi connectivity index (χ2v) is 4.38. The van der Waals surface area contributed by atoms with E-state index in [0.717, 1.165) is 0 Å². The molecule has 1 saturated heterocycles. The first-order chi connectivity index (χ1) is 5.91. The van der Waals surface area contributed by atoms with Crippen molar-refractivity contribution in [2.24, 2.45) is 5.41 Å². The maximum Gasteiger partial charge on any atom is 0.225 e. The minimum Gasteiger partial charge on any atom is -0.366 e. The van der Waals surface area contributed by atoms with Gasteiger partial charge < -0.3 is 15.2 Å². The van der Waals surface area contributed by atoms with Crippen molar-refractivity contribution in [1.82, 2.24) is 5.32 Å². The van der Waals surface area contributed by atoms with Crippen molar-refractivity contribution in [2.45, 2.75) is 39.5 Å². The predicted octanol–water partition coefficient (Wildman–Crippen LogP) is 0.256. The van der Waals surface area contributed by atoms with E-state index in [-0.39, 0.29) is 11.9 Å². The van der Waals surface area contributed by atoms with Crippen molar-refractivity contribution in [3.05, 3.63) is 0 Å². The Balaban J connectivity index is 2.45. The Kier molecular flexibility index (Phi) is 2.93. The summed E-state index contributed by atoms with van der Waals surface area (Å²) in [6.45, 7) is 6.02. The summed E-state index contributed by atoms with van der Waals surface area (Å²) in [5, 5.41) is 12.0. The third kappa shape index (κ3) is 2.67. The monoisotopic (exact) mass is 187 g/mol. The first-order valence-electron chi connectivity index (χ1n) is 4.52. The molecule has 0 spiro atoms. The van der Waals surface area contributed by atoms with E-state index < -0.39 is 11.7 Å². The fourth-order valence-corrected chi connectivity index (χ4v) is 1.10. The minimum absolute atomic E-state index is 0.0537. The summed E-state index contributed by atoms with van der Waals surface area (Å²) in [5.74, 6) is -0.0537. The van der Waals surface area contributed by atoms with Crippen molar-refractivity contribution < 1.29 is 14.6 Å². The summed E-state index contributed by atoms with van der Waals surface area (Å²) in [5.41, 5.74) is -0.414. The SMILES string of the molecule is CC(C)(C)C(=O)N[C@H]1CCOC1O. The van der Waals surface area contributed by atoms with Crippen LogP contribution >= 0.6 is 0 Å². The highest BCUT2D eigenvalue weighted by atomic mass is 16.6. The Morgan fingerprint density at radius 3 is 2.54 bits per heavy atom. The zero-order chi connectivity index (χ0) is 10.1. The Bertz CT molecular complexity index is 198. The number of aliphatic hydroxyl groups is 1. The van der Waals surface area contributed by atoms with Gasteiger partial charge in [0.15, 0.2) is 6.29 Å². The Labute approximate surface area is 78.3 Å². The first-order valence-corrected chi connectivity index (χ1v) is 4.52. The number of carbonyl (C=O) groups excluding carboxylic acids is 1. The third-order valence-electron chi connectivity index (χ3n) is 2.06. The van der Waals surface area contributed by atoms with Crippen molar-refractivity contribution in [3.8, 4) is 0 Å². The molecular formula is C9H17NO3. The van der Waals surface area contributed by atoms with Crippen molar-refractivity contribution in [2.75, 3.05) is 6.61 Å². The van der Waals surface area contributed by atoms with Crippen LogP contribution in [0.1, 0.15) is 27.2 Å². The second kappa shape index (κ2) is 3.64. The van der Waals surface area contributed by atoms with E-state index in [1.807, 2.05) is 20.8 Å². The summed E-state index contributed by atoms with van der Waals surface area (Å²) in [4.78, 5) is 11.5. The molecule has 1 heterocycles. The topological polar surface area (TPSA) is 58.6 Å². The van der Waals surface area contributed by atoms with Crippen LogP contribution in [0.15, 0.2) is 0 Å². The quantitative estimate of drug-likeness (QED) is 0.619. The van der Waals surface area contributed by atoms with E-state index in [0.29, 0.717) is 13.0 Å². The number of amides is 1. The molecule has 1 unspecified atom stereocenters. The average molecular weight is 187 g/mol. The molecule has 76 valence electrons. The zero-order valence-electron chi connectivity index (χ0n) is 8.33. The first kappa shape index (κ1) is 10.5. The van der Waals surface area contributed by atoms with Crippen LogP contribution in [-0.2, 0) is 9.53 Å². The molecule has 4 heteroatoms. The van der Waals surface area contributed by atoms with Gasteiger partial charge in [-0.25, -0.2) is 0 Å². The summed E-state index contributed by atoms with van der Waals surface area (Å²) in [6, 6.07) is -0.244. The molecule has 1 aliphatic rings. The number of ether oxygens (including phenoxy) is 1. The molecule has 1 amide bonds. The molecule has 4 nitrogen and oxygen atoms in total. The van der Waals surface area contributed by atoms with Gasteiger partial charge in [-0.05, 0) is 6.42 Å². The molecule has 1 aliphatic heterocycles. The lowest BCUT2D eigenvalue weighted by Gasteiger charge is -2.22. The predicted molar refractivity (Wildman–Crippen MR) is 48.0 cm³/mol. The lowest BCUT2D eigenvalue weighted by atomic mass is 9.95. The van der Waals surface area contributed by atoms with Gasteiger partial charge in [0, 0.05) is 5.41 Å². The molecule has 1 rings (SSSR count). The van der Waals surface area contributed by atoms with Crippen LogP contribution in [0, 0.1) is 5.41 Å². The van der Waals surface area contributed by atoms with Crippen molar-refractivity contribution in [1.29, 1.82) is 0 Å². The fraction of sp³-hybridized carbons (Fsp3) is 0.889. The van der Waals surface area contributed by atoms with Crippen LogP contribution in [0.25, 0.3) is 0 Å². The molecule has 0 aromatic carbocycles. The molecule has 0 aliphatic carbocycles. The molecule has 0 aromatic rings. The van der Waals surface area contributed by atoms with E-state index >= 15 is 0 Å². The number of hydrogen-bond donors (Lipinski definition) is 2. The average Bonchev–Trinajstić information content (AvgIpc) is 2.34. The third-order valence-corrected chi connectivity index (χ3v) is 2.06. The summed E-state index contributed by atoms with van der Waals surface area (Å²) >= 11 is 0. The van der Waals surface area contributed by atoms with Gasteiger partial charge in [-0.15, -0.1) is 0 Å². The van der Waals surface area contributed by atoms with Crippen LogP contribution in [0.5, 0.6) is 0 Å². The van der Waals surface area contributed by atoms with E-state index in [2.05, 4.69) is 5.32 Å². The molecule has 2 N–H and O–H groups in total. The Morgan fingerprint density at radius 1 is 1.54 bits per heavy atom. The van der Waals surface area contributed by atoms with Crippen molar-refractivity contribution >= 4 is 5.91 Å². The van der Waals surface area contributed by atoms with Gasteiger partial charge in [0.05, 0.1) is 12.6 Å². The van der Waals surface area contributed by atoms with E-state index in [1.54, 1.807) is 0 Å². The molecule has 0 radical (unpaired) electrons. The summed E-state index contributed by atoms with van der Waals surface area (Å²) in [6.07, 6.45) is -0.158. The number of nitrogens with one attached hydrogen (secondary N) is 1. The standard InChI is InChI=1S/C9H17NO3/c1-9(2,3)8(12)10-6-4-5-13-7(6)11/h6-7,11H,4-5H2,1-3H3,(H,10,12)/t6-,7?/m0/s1. The van der Waals surface area contributed by atoms with Gasteiger partial charge >= 0.3 is 0 Å². The number of carbonyl (C=O) groups is 1. The van der Waals surface area contributed by atoms with Gasteiger partial charge in [0.25, 0.3) is 0 Å². The zero-order valence-corrected chi connectivity index (χ0v) is 8.33. The largest absolute Gasteiger partial charge is 0.366 e. The smallest absolute Gasteiger partial charge is 0.225 e. The van der Waals surface area contributed by atoms with Crippen molar-refractivity contribution in [3.63, 3.8) is 0 Å². The van der Waals surface area contributed by atoms with Gasteiger partial charge in [-0.2, -0.15) is 0 Å². The highest BCUT2D eigenvalue weighted by Gasteiger charge is 2.31. The lowest BCUT2D eigenvalue weighted by molar-refractivity contribution is -0.132. The second-order valence-electron chi connectivity index (χ2n) is 4.38. The molecule has 2 atom stereocenters. The number of aliphatic hydroxyl groups excluding tert-OH is 1. The Hall–Kier alpha value is -0.610. The molecule has 13 heavy (non-hydrogen) atoms. The Morgan fingerprint density at radius 2 is 2.15 bits per heavy atom. The number of hydrogen-bond acceptors (Lipinski definition) is 3. The summed E-state index contributed by atoms with van der Waals surface area (Å²) in [7, 11) is 0. The van der Waals surface area contributed by atoms with Crippen LogP contribution in [-0.4, -0.2) is 30.0 Å². The van der Waals surface area contributed by atoms with E-state index in [4.69, 9.17) is 4.74 Å². The highest BCUT2D eigenvalue weighted by molar-refractivity contribution is 5.81. The van der Waals surface area contributed by atoms with E-state index in [9.17, 15) is 9.90 Å². The maximum atomic E-state index is 11.5. The summed E-state index contributed by atoms with van der Waals surface area (Å²) < 4.78 is 4.92. The van der Waals surface area contributed by atoms with Crippen LogP contribution in [0.4, 0.5) is 0 Å². The maximum absolute atomic E-state index is 11.5. The van der Waals surface area contributed by atoms with Crippen LogP contribution in [0.2, 0.25) is 0 Å². The van der Waals surface area contributed by atoms with Gasteiger partial charge in [0.1, 0.15) is 0 Å². The van der Waals surface area contributed by atoms with Crippen LogP contribution < -0.4 is 5.32 Å². The molecular weight excluding hydrogens is 170 g/mol. The number of rotatable bonds is 1. The van der Waals surface area contributed by atoms with E-state index in [1.165, 1.54) is 0 Å². The fourth-order valence-electron chi connectivity index (χ4n) is 1.10. The molecule has 0 saturated carbocycles. The minimum atomic E-state index is -0.841. The highest BCUT2D eigenvalue weighted by Crippen LogP contribution is 2.16. The molecule has 0 bridgehead atoms. The normalized spacial score (nSPS) is 28.9. The van der Waals surface area contributed by atoms with Gasteiger partial charge in [0.2, 0.25) is 5.91 Å². The van der Waals surface area contributed by atoms with Crippen LogP contribution in [0.3, 0.4) is 0 Å². The van der Waals surface area contributed by atoms with Gasteiger partial charge in [-0.3, -0.25) is 4.79 Å².